The lowest BCUT2D eigenvalue weighted by Crippen LogP contribution is -2.41. The Balaban J connectivity index is 1.64. The molecule has 4 fully saturated rings. The van der Waals surface area contributed by atoms with Crippen molar-refractivity contribution in [2.45, 2.75) is 31.3 Å². The predicted octanol–water partition coefficient (Wildman–Crippen LogP) is 6.41. The Kier molecular flexibility index (Phi) is 3.35. The third kappa shape index (κ3) is 2.16. The van der Waals surface area contributed by atoms with Gasteiger partial charge in [0.15, 0.2) is 0 Å². The van der Waals surface area contributed by atoms with Crippen LogP contribution in [-0.4, -0.2) is 5.11 Å². The fourth-order valence-electron chi connectivity index (χ4n) is 6.65. The van der Waals surface area contributed by atoms with Crippen molar-refractivity contribution >= 4 is 22.4 Å². The van der Waals surface area contributed by atoms with E-state index >= 15 is 0 Å². The molecule has 7 rings (SSSR count). The quantitative estimate of drug-likeness (QED) is 0.549. The second-order valence-corrected chi connectivity index (χ2v) is 9.33. The largest absolute Gasteiger partial charge is 0.385 e. The van der Waals surface area contributed by atoms with Gasteiger partial charge in [0.1, 0.15) is 0 Å². The summed E-state index contributed by atoms with van der Waals surface area (Å²) in [4.78, 5) is 0. The minimum absolute atomic E-state index is 0.391. The second kappa shape index (κ2) is 5.59. The summed E-state index contributed by atoms with van der Waals surface area (Å²) in [5, 5.41) is 15.3. The van der Waals surface area contributed by atoms with Gasteiger partial charge in [-0.25, -0.2) is 0 Å². The van der Waals surface area contributed by atoms with Crippen LogP contribution in [-0.2, 0) is 5.60 Å². The van der Waals surface area contributed by atoms with Gasteiger partial charge < -0.3 is 5.11 Å². The fourth-order valence-corrected chi connectivity index (χ4v) is 6.89. The number of aliphatic hydroxyl groups is 1. The molecule has 5 unspecified atom stereocenters. The average Bonchev–Trinajstić information content (AvgIpc) is 3.09. The first-order chi connectivity index (χ1) is 13.1. The highest BCUT2D eigenvalue weighted by Crippen LogP contribution is 2.67. The highest BCUT2D eigenvalue weighted by molar-refractivity contribution is 6.33. The van der Waals surface area contributed by atoms with Crippen LogP contribution in [0.25, 0.3) is 21.9 Å². The number of rotatable bonds is 2. The maximum absolute atomic E-state index is 12.2. The first kappa shape index (κ1) is 16.2. The zero-order chi connectivity index (χ0) is 18.2. The molecular formula is C25H23ClO. The number of benzene rings is 3. The molecular weight excluding hydrogens is 352 g/mol. The van der Waals surface area contributed by atoms with Gasteiger partial charge in [-0.2, -0.15) is 0 Å². The first-order valence-corrected chi connectivity index (χ1v) is 10.5. The van der Waals surface area contributed by atoms with E-state index in [2.05, 4.69) is 42.5 Å². The molecule has 2 heteroatoms. The molecule has 27 heavy (non-hydrogen) atoms. The van der Waals surface area contributed by atoms with Crippen LogP contribution in [0.1, 0.15) is 31.2 Å². The van der Waals surface area contributed by atoms with Crippen molar-refractivity contribution in [3.8, 4) is 11.1 Å². The summed E-state index contributed by atoms with van der Waals surface area (Å²) >= 11 is 6.61. The summed E-state index contributed by atoms with van der Waals surface area (Å²) < 4.78 is 0. The van der Waals surface area contributed by atoms with E-state index in [-0.39, 0.29) is 0 Å². The van der Waals surface area contributed by atoms with Gasteiger partial charge >= 0.3 is 0 Å². The molecule has 0 aliphatic heterocycles. The summed E-state index contributed by atoms with van der Waals surface area (Å²) in [6.07, 6.45) is 4.87. The lowest BCUT2D eigenvalue weighted by molar-refractivity contribution is -0.0691. The highest BCUT2D eigenvalue weighted by Gasteiger charge is 2.62. The molecule has 1 nitrogen and oxygen atoms in total. The predicted molar refractivity (Wildman–Crippen MR) is 111 cm³/mol. The van der Waals surface area contributed by atoms with Gasteiger partial charge in [-0.1, -0.05) is 54.1 Å². The minimum Gasteiger partial charge on any atom is -0.385 e. The van der Waals surface area contributed by atoms with E-state index < -0.39 is 5.60 Å². The molecule has 4 aliphatic rings. The Hall–Kier alpha value is -1.83. The van der Waals surface area contributed by atoms with E-state index in [1.165, 1.54) is 36.5 Å². The standard InChI is InChI=1S/C25H23ClO/c26-24-8-4-3-7-20(24)21-13-16-5-1-2-6-17(16)14-23(21)25(27)19-10-15-9-18(12-19)22(25)11-15/h1-8,13-15,18-19,22,27H,9-12H2. The van der Waals surface area contributed by atoms with E-state index in [0.29, 0.717) is 17.8 Å². The third-order valence-corrected chi connectivity index (χ3v) is 8.00. The number of hydrogen-bond donors (Lipinski definition) is 1. The van der Waals surface area contributed by atoms with E-state index in [0.717, 1.165) is 27.6 Å². The van der Waals surface area contributed by atoms with Crippen molar-refractivity contribution < 1.29 is 5.11 Å². The molecule has 4 bridgehead atoms. The topological polar surface area (TPSA) is 20.2 Å². The Labute approximate surface area is 165 Å². The number of hydrogen-bond acceptors (Lipinski definition) is 1. The highest BCUT2D eigenvalue weighted by atomic mass is 35.5. The Bertz CT molecular complexity index is 1050. The van der Waals surface area contributed by atoms with Gasteiger partial charge in [0, 0.05) is 10.6 Å². The normalized spacial score (nSPS) is 33.9. The average molecular weight is 375 g/mol. The molecule has 5 atom stereocenters. The minimum atomic E-state index is -0.712. The molecule has 4 aliphatic carbocycles. The van der Waals surface area contributed by atoms with Gasteiger partial charge in [-0.15, -0.1) is 0 Å². The Morgan fingerprint density at radius 2 is 1.56 bits per heavy atom. The first-order valence-electron chi connectivity index (χ1n) is 10.1. The molecule has 0 radical (unpaired) electrons. The molecule has 0 aromatic heterocycles. The summed E-state index contributed by atoms with van der Waals surface area (Å²) in [6.45, 7) is 0. The third-order valence-electron chi connectivity index (χ3n) is 7.67. The molecule has 3 aromatic carbocycles. The molecule has 0 heterocycles. The van der Waals surface area contributed by atoms with E-state index in [1.807, 2.05) is 18.2 Å². The van der Waals surface area contributed by atoms with Gasteiger partial charge in [-0.3, -0.25) is 0 Å². The van der Waals surface area contributed by atoms with Crippen LogP contribution in [0.4, 0.5) is 0 Å². The zero-order valence-electron chi connectivity index (χ0n) is 15.2. The van der Waals surface area contributed by atoms with Gasteiger partial charge in [0.25, 0.3) is 0 Å². The summed E-state index contributed by atoms with van der Waals surface area (Å²) in [5.41, 5.74) is 2.53. The van der Waals surface area contributed by atoms with Crippen LogP contribution in [0.15, 0.2) is 60.7 Å². The van der Waals surface area contributed by atoms with Crippen molar-refractivity contribution in [3.05, 3.63) is 71.2 Å². The van der Waals surface area contributed by atoms with E-state index in [4.69, 9.17) is 11.6 Å². The Morgan fingerprint density at radius 1 is 0.815 bits per heavy atom. The molecule has 136 valence electrons. The van der Waals surface area contributed by atoms with Gasteiger partial charge in [0.05, 0.1) is 5.60 Å². The SMILES string of the molecule is OC1(c2cc3ccccc3cc2-c2ccccc2Cl)C2CC3CC(C2)C1C3. The van der Waals surface area contributed by atoms with E-state index in [1.54, 1.807) is 0 Å². The molecule has 4 saturated carbocycles. The zero-order valence-corrected chi connectivity index (χ0v) is 16.0. The Morgan fingerprint density at radius 3 is 2.33 bits per heavy atom. The van der Waals surface area contributed by atoms with Crippen LogP contribution < -0.4 is 0 Å². The number of halogens is 1. The van der Waals surface area contributed by atoms with Crippen LogP contribution >= 0.6 is 11.6 Å². The molecule has 0 amide bonds. The van der Waals surface area contributed by atoms with Crippen LogP contribution in [0, 0.1) is 23.7 Å². The van der Waals surface area contributed by atoms with Gasteiger partial charge in [0.2, 0.25) is 0 Å². The lowest BCUT2D eigenvalue weighted by Gasteiger charge is -2.42. The molecule has 3 aromatic rings. The maximum Gasteiger partial charge on any atom is 0.0961 e. The summed E-state index contributed by atoms with van der Waals surface area (Å²) in [7, 11) is 0. The maximum atomic E-state index is 12.2. The van der Waals surface area contributed by atoms with Crippen molar-refractivity contribution in [1.82, 2.24) is 0 Å². The lowest BCUT2D eigenvalue weighted by atomic mass is 9.67. The van der Waals surface area contributed by atoms with Crippen molar-refractivity contribution in [3.63, 3.8) is 0 Å². The van der Waals surface area contributed by atoms with Gasteiger partial charge in [-0.05, 0) is 89.5 Å². The van der Waals surface area contributed by atoms with Crippen LogP contribution in [0.5, 0.6) is 0 Å². The monoisotopic (exact) mass is 374 g/mol. The van der Waals surface area contributed by atoms with Crippen molar-refractivity contribution in [2.24, 2.45) is 23.7 Å². The molecule has 1 N–H and O–H groups in total. The second-order valence-electron chi connectivity index (χ2n) is 8.92. The smallest absolute Gasteiger partial charge is 0.0961 e. The number of fused-ring (bicyclic) bond motifs is 1. The van der Waals surface area contributed by atoms with E-state index in [9.17, 15) is 5.11 Å². The summed E-state index contributed by atoms with van der Waals surface area (Å²) in [6, 6.07) is 21.0. The molecule has 0 spiro atoms. The van der Waals surface area contributed by atoms with Crippen molar-refractivity contribution in [2.75, 3.05) is 0 Å². The summed E-state index contributed by atoms with van der Waals surface area (Å²) in [5.74, 6) is 2.33. The fraction of sp³-hybridized carbons (Fsp3) is 0.360. The van der Waals surface area contributed by atoms with Crippen LogP contribution in [0.2, 0.25) is 5.02 Å². The molecule has 0 saturated heterocycles. The van der Waals surface area contributed by atoms with Crippen molar-refractivity contribution in [1.29, 1.82) is 0 Å². The van der Waals surface area contributed by atoms with Crippen LogP contribution in [0.3, 0.4) is 0 Å².